The molecule has 1 heterocycles. The molecule has 1 amide bonds. The van der Waals surface area contributed by atoms with Gasteiger partial charge >= 0.3 is 0 Å². The van der Waals surface area contributed by atoms with Crippen molar-refractivity contribution in [2.75, 3.05) is 5.75 Å². The first-order chi connectivity index (χ1) is 12.7. The van der Waals surface area contributed by atoms with Gasteiger partial charge in [-0.25, -0.2) is 0 Å². The number of hydrogen-bond acceptors (Lipinski definition) is 4. The van der Waals surface area contributed by atoms with Gasteiger partial charge in [-0.3, -0.25) is 4.79 Å². The molecule has 2 aliphatic carbocycles. The van der Waals surface area contributed by atoms with E-state index < -0.39 is 0 Å². The number of nitrogens with one attached hydrogen (secondary N) is 1. The zero-order chi connectivity index (χ0) is 18.1. The van der Waals surface area contributed by atoms with E-state index in [0.717, 1.165) is 35.4 Å². The van der Waals surface area contributed by atoms with Crippen molar-refractivity contribution in [3.05, 3.63) is 29.3 Å². The third-order valence-electron chi connectivity index (χ3n) is 5.56. The fourth-order valence-electron chi connectivity index (χ4n) is 4.32. The van der Waals surface area contributed by atoms with E-state index in [1.54, 1.807) is 0 Å². The van der Waals surface area contributed by atoms with Gasteiger partial charge in [-0.2, -0.15) is 0 Å². The third kappa shape index (κ3) is 3.49. The molecule has 26 heavy (non-hydrogen) atoms. The van der Waals surface area contributed by atoms with E-state index in [1.165, 1.54) is 31.0 Å². The molecule has 1 aromatic heterocycles. The predicted molar refractivity (Wildman–Crippen MR) is 104 cm³/mol. The lowest BCUT2D eigenvalue weighted by atomic mass is 9.95. The van der Waals surface area contributed by atoms with Crippen molar-refractivity contribution in [3.8, 4) is 11.4 Å². The predicted octanol–water partition coefficient (Wildman–Crippen LogP) is 4.02. The Hall–Kier alpha value is -1.53. The number of carbonyl (C=O) groups is 1. The smallest absolute Gasteiger partial charge is 0.230 e. The summed E-state index contributed by atoms with van der Waals surface area (Å²) in [6.45, 7) is 2.77. The molecule has 5 nitrogen and oxygen atoms in total. The molecule has 1 N–H and O–H groups in total. The Bertz CT molecular complexity index is 809. The van der Waals surface area contributed by atoms with Crippen LogP contribution in [0, 0.1) is 11.8 Å². The van der Waals surface area contributed by atoms with Crippen LogP contribution in [0.25, 0.3) is 11.4 Å². The van der Waals surface area contributed by atoms with Crippen LogP contribution in [0.15, 0.2) is 29.4 Å². The molecule has 138 valence electrons. The molecule has 7 heteroatoms. The number of nitrogens with zero attached hydrogens (tertiary/aromatic N) is 3. The summed E-state index contributed by atoms with van der Waals surface area (Å²) in [6, 6.07) is 8.00. The number of amides is 1. The Morgan fingerprint density at radius 1 is 1.31 bits per heavy atom. The summed E-state index contributed by atoms with van der Waals surface area (Å²) in [5, 5.41) is 13.2. The summed E-state index contributed by atoms with van der Waals surface area (Å²) < 4.78 is 2.01. The molecule has 0 radical (unpaired) electrons. The van der Waals surface area contributed by atoms with E-state index in [9.17, 15) is 4.79 Å². The molecule has 1 aromatic carbocycles. The first kappa shape index (κ1) is 17.9. The Morgan fingerprint density at radius 3 is 2.85 bits per heavy atom. The highest BCUT2D eigenvalue weighted by Gasteiger charge is 2.40. The highest BCUT2D eigenvalue weighted by Crippen LogP contribution is 2.44. The van der Waals surface area contributed by atoms with Gasteiger partial charge in [0.1, 0.15) is 0 Å². The standard InChI is InChI=1S/C19H23ClN4OS/c1-2-24-18(14-5-3-4-6-15(14)20)22-23-19(24)26-11-17(25)21-16-10-12-7-8-13(16)9-12/h3-6,12-13,16H,2,7-11H2,1H3,(H,21,25)/t12-,13-,16-/m1/s1. The van der Waals surface area contributed by atoms with Gasteiger partial charge in [0.05, 0.1) is 10.8 Å². The topological polar surface area (TPSA) is 59.8 Å². The van der Waals surface area contributed by atoms with Crippen molar-refractivity contribution in [2.45, 2.75) is 50.4 Å². The first-order valence-electron chi connectivity index (χ1n) is 9.26. The summed E-state index contributed by atoms with van der Waals surface area (Å²) in [5.74, 6) is 2.74. The van der Waals surface area contributed by atoms with Crippen molar-refractivity contribution in [2.24, 2.45) is 11.8 Å². The zero-order valence-electron chi connectivity index (χ0n) is 14.8. The highest BCUT2D eigenvalue weighted by molar-refractivity contribution is 7.99. The van der Waals surface area contributed by atoms with Crippen molar-refractivity contribution in [3.63, 3.8) is 0 Å². The van der Waals surface area contributed by atoms with Gasteiger partial charge in [0, 0.05) is 18.2 Å². The molecule has 2 aliphatic rings. The van der Waals surface area contributed by atoms with Crippen LogP contribution in [-0.4, -0.2) is 32.5 Å². The molecule has 0 spiro atoms. The van der Waals surface area contributed by atoms with Gasteiger partial charge in [-0.05, 0) is 50.2 Å². The number of carbonyl (C=O) groups excluding carboxylic acids is 1. The van der Waals surface area contributed by atoms with E-state index in [2.05, 4.69) is 15.5 Å². The number of rotatable bonds is 6. The van der Waals surface area contributed by atoms with E-state index >= 15 is 0 Å². The lowest BCUT2D eigenvalue weighted by Gasteiger charge is -2.22. The van der Waals surface area contributed by atoms with Gasteiger partial charge in [-0.1, -0.05) is 41.9 Å². The Morgan fingerprint density at radius 2 is 2.15 bits per heavy atom. The van der Waals surface area contributed by atoms with Crippen molar-refractivity contribution in [1.29, 1.82) is 0 Å². The number of benzene rings is 1. The van der Waals surface area contributed by atoms with Crippen molar-refractivity contribution >= 4 is 29.3 Å². The van der Waals surface area contributed by atoms with Crippen LogP contribution in [0.3, 0.4) is 0 Å². The molecule has 0 aliphatic heterocycles. The van der Waals surface area contributed by atoms with E-state index in [4.69, 9.17) is 11.6 Å². The maximum Gasteiger partial charge on any atom is 0.230 e. The largest absolute Gasteiger partial charge is 0.352 e. The monoisotopic (exact) mass is 390 g/mol. The summed E-state index contributed by atoms with van der Waals surface area (Å²) in [7, 11) is 0. The summed E-state index contributed by atoms with van der Waals surface area (Å²) in [5.41, 5.74) is 0.863. The van der Waals surface area contributed by atoms with Crippen LogP contribution in [-0.2, 0) is 11.3 Å². The minimum atomic E-state index is 0.0949. The number of thioether (sulfide) groups is 1. The maximum atomic E-state index is 12.4. The maximum absolute atomic E-state index is 12.4. The number of fused-ring (bicyclic) bond motifs is 2. The fourth-order valence-corrected chi connectivity index (χ4v) is 5.36. The average Bonchev–Trinajstić information content (AvgIpc) is 3.35. The van der Waals surface area contributed by atoms with Crippen LogP contribution in [0.5, 0.6) is 0 Å². The number of halogens is 1. The van der Waals surface area contributed by atoms with Crippen LogP contribution in [0.4, 0.5) is 0 Å². The second-order valence-corrected chi connectivity index (χ2v) is 8.52. The summed E-state index contributed by atoms with van der Waals surface area (Å²) >= 11 is 7.74. The highest BCUT2D eigenvalue weighted by atomic mass is 35.5. The fraction of sp³-hybridized carbons (Fsp3) is 0.526. The zero-order valence-corrected chi connectivity index (χ0v) is 16.4. The minimum absolute atomic E-state index is 0.0949. The quantitative estimate of drug-likeness (QED) is 0.757. The molecule has 2 fully saturated rings. The SMILES string of the molecule is CCn1c(SCC(=O)N[C@@H]2C[C@@H]3CC[C@@H]2C3)nnc1-c1ccccc1Cl. The van der Waals surface area contributed by atoms with Crippen molar-refractivity contribution < 1.29 is 4.79 Å². The lowest BCUT2D eigenvalue weighted by molar-refractivity contribution is -0.119. The summed E-state index contributed by atoms with van der Waals surface area (Å²) in [4.78, 5) is 12.4. The number of hydrogen-bond donors (Lipinski definition) is 1. The normalized spacial score (nSPS) is 24.2. The average molecular weight is 391 g/mol. The molecule has 0 unspecified atom stereocenters. The summed E-state index contributed by atoms with van der Waals surface area (Å²) in [6.07, 6.45) is 5.07. The van der Waals surface area contributed by atoms with Gasteiger partial charge in [0.25, 0.3) is 0 Å². The molecule has 2 bridgehead atoms. The van der Waals surface area contributed by atoms with E-state index in [-0.39, 0.29) is 5.91 Å². The van der Waals surface area contributed by atoms with E-state index in [1.807, 2.05) is 35.8 Å². The molecular formula is C19H23ClN4OS. The van der Waals surface area contributed by atoms with Gasteiger partial charge < -0.3 is 9.88 Å². The van der Waals surface area contributed by atoms with Crippen molar-refractivity contribution in [1.82, 2.24) is 20.1 Å². The van der Waals surface area contributed by atoms with Gasteiger partial charge in [0.15, 0.2) is 11.0 Å². The molecule has 4 rings (SSSR count). The minimum Gasteiger partial charge on any atom is -0.352 e. The second kappa shape index (κ2) is 7.61. The first-order valence-corrected chi connectivity index (χ1v) is 10.6. The lowest BCUT2D eigenvalue weighted by Crippen LogP contribution is -2.39. The third-order valence-corrected chi connectivity index (χ3v) is 6.86. The molecule has 2 aromatic rings. The Kier molecular flexibility index (Phi) is 5.23. The molecule has 0 saturated heterocycles. The van der Waals surface area contributed by atoms with Crippen LogP contribution < -0.4 is 5.32 Å². The second-order valence-electron chi connectivity index (χ2n) is 7.17. The molecule has 2 saturated carbocycles. The van der Waals surface area contributed by atoms with Gasteiger partial charge in [-0.15, -0.1) is 10.2 Å². The Labute approximate surface area is 162 Å². The molecule has 3 atom stereocenters. The number of aromatic nitrogens is 3. The van der Waals surface area contributed by atoms with Crippen LogP contribution in [0.2, 0.25) is 5.02 Å². The van der Waals surface area contributed by atoms with Crippen LogP contribution >= 0.6 is 23.4 Å². The van der Waals surface area contributed by atoms with Gasteiger partial charge in [0.2, 0.25) is 5.91 Å². The van der Waals surface area contributed by atoms with E-state index in [0.29, 0.717) is 22.7 Å². The molecular weight excluding hydrogens is 368 g/mol. The Balaban J connectivity index is 1.41. The van der Waals surface area contributed by atoms with Crippen LogP contribution in [0.1, 0.15) is 32.6 Å².